The lowest BCUT2D eigenvalue weighted by atomic mass is 10.1. The molecule has 1 atom stereocenters. The van der Waals surface area contributed by atoms with Crippen LogP contribution in [0.15, 0.2) is 18.3 Å². The lowest BCUT2D eigenvalue weighted by molar-refractivity contribution is 0.0991. The molecule has 0 aromatic carbocycles. The highest BCUT2D eigenvalue weighted by Crippen LogP contribution is 2.21. The lowest BCUT2D eigenvalue weighted by Gasteiger charge is -2.16. The van der Waals surface area contributed by atoms with Crippen molar-refractivity contribution in [1.29, 1.82) is 0 Å². The number of rotatable bonds is 5. The van der Waals surface area contributed by atoms with Crippen molar-refractivity contribution in [2.45, 2.75) is 19.4 Å². The first-order chi connectivity index (χ1) is 7.19. The van der Waals surface area contributed by atoms with Crippen LogP contribution >= 0.6 is 0 Å². The fraction of sp³-hybridized carbons (Fsp3) is 0.500. The van der Waals surface area contributed by atoms with Crippen LogP contribution in [0.5, 0.6) is 5.88 Å². The van der Waals surface area contributed by atoms with E-state index >= 15 is 0 Å². The lowest BCUT2D eigenvalue weighted by Crippen LogP contribution is -2.27. The first-order valence-electron chi connectivity index (χ1n) is 4.70. The first kappa shape index (κ1) is 11.8. The minimum atomic E-state index is -2.44. The predicted molar refractivity (Wildman–Crippen MR) is 53.2 cm³/mol. The topological polar surface area (TPSA) is 34.1 Å². The highest BCUT2D eigenvalue weighted by molar-refractivity contribution is 5.21. The van der Waals surface area contributed by atoms with Crippen LogP contribution in [-0.4, -0.2) is 25.1 Å². The summed E-state index contributed by atoms with van der Waals surface area (Å²) in [5.74, 6) is 0.420. The second-order valence-corrected chi connectivity index (χ2v) is 3.00. The molecule has 1 aromatic rings. The molecule has 84 valence electrons. The van der Waals surface area contributed by atoms with E-state index in [1.165, 1.54) is 13.3 Å². The van der Waals surface area contributed by atoms with Crippen molar-refractivity contribution in [2.75, 3.05) is 13.7 Å². The van der Waals surface area contributed by atoms with Gasteiger partial charge in [0.05, 0.1) is 13.2 Å². The van der Waals surface area contributed by atoms with Crippen LogP contribution in [0.2, 0.25) is 0 Å². The van der Waals surface area contributed by atoms with Gasteiger partial charge in [0.2, 0.25) is 5.88 Å². The quantitative estimate of drug-likeness (QED) is 0.817. The number of hydrogen-bond acceptors (Lipinski definition) is 3. The Morgan fingerprint density at radius 2 is 2.20 bits per heavy atom. The molecule has 0 spiro atoms. The van der Waals surface area contributed by atoms with Crippen molar-refractivity contribution in [1.82, 2.24) is 10.3 Å². The second kappa shape index (κ2) is 5.60. The molecular formula is C10H14F2N2O. The van der Waals surface area contributed by atoms with Gasteiger partial charge in [-0.2, -0.15) is 0 Å². The molecule has 3 nitrogen and oxygen atoms in total. The van der Waals surface area contributed by atoms with Gasteiger partial charge >= 0.3 is 0 Å². The minimum Gasteiger partial charge on any atom is -0.481 e. The zero-order valence-corrected chi connectivity index (χ0v) is 8.71. The first-order valence-corrected chi connectivity index (χ1v) is 4.70. The molecule has 1 N–H and O–H groups in total. The zero-order chi connectivity index (χ0) is 11.3. The number of nitrogens with zero attached hydrogens (tertiary/aromatic N) is 1. The smallest absolute Gasteiger partial charge is 0.257 e. The maximum atomic E-state index is 12.6. The van der Waals surface area contributed by atoms with Crippen LogP contribution in [0.4, 0.5) is 8.78 Å². The number of nitrogens with one attached hydrogen (secondary N) is 1. The van der Waals surface area contributed by atoms with Gasteiger partial charge in [0, 0.05) is 12.3 Å². The largest absolute Gasteiger partial charge is 0.481 e. The Kier molecular flexibility index (Phi) is 4.42. The maximum absolute atomic E-state index is 12.6. The van der Waals surface area contributed by atoms with Gasteiger partial charge in [-0.25, -0.2) is 13.8 Å². The Hall–Kier alpha value is -1.23. The molecule has 0 amide bonds. The van der Waals surface area contributed by atoms with E-state index in [1.807, 2.05) is 0 Å². The van der Waals surface area contributed by atoms with Crippen LogP contribution in [0.1, 0.15) is 18.5 Å². The van der Waals surface area contributed by atoms with Gasteiger partial charge in [0.1, 0.15) is 0 Å². The standard InChI is InChI=1S/C10H14F2N2O/c1-3-13-9(10(11)12)7-4-5-8(15-2)14-6-7/h4-6,9-10,13H,3H2,1-2H3. The van der Waals surface area contributed by atoms with Crippen LogP contribution in [-0.2, 0) is 0 Å². The van der Waals surface area contributed by atoms with Gasteiger partial charge in [-0.1, -0.05) is 13.0 Å². The summed E-state index contributed by atoms with van der Waals surface area (Å²) in [6.45, 7) is 2.27. The third-order valence-electron chi connectivity index (χ3n) is 2.00. The number of halogens is 2. The van der Waals surface area contributed by atoms with E-state index in [4.69, 9.17) is 4.74 Å². The fourth-order valence-electron chi connectivity index (χ4n) is 1.27. The third-order valence-corrected chi connectivity index (χ3v) is 2.00. The molecule has 0 bridgehead atoms. The molecule has 0 aliphatic heterocycles. The summed E-state index contributed by atoms with van der Waals surface area (Å²) in [7, 11) is 1.48. The van der Waals surface area contributed by atoms with Gasteiger partial charge in [0.25, 0.3) is 6.43 Å². The number of pyridine rings is 1. The van der Waals surface area contributed by atoms with Gasteiger partial charge in [-0.05, 0) is 12.1 Å². The van der Waals surface area contributed by atoms with Crippen LogP contribution in [0.25, 0.3) is 0 Å². The average molecular weight is 216 g/mol. The van der Waals surface area contributed by atoms with Crippen LogP contribution < -0.4 is 10.1 Å². The van der Waals surface area contributed by atoms with Crippen molar-refractivity contribution < 1.29 is 13.5 Å². The van der Waals surface area contributed by atoms with Crippen molar-refractivity contribution in [2.24, 2.45) is 0 Å². The normalized spacial score (nSPS) is 12.9. The van der Waals surface area contributed by atoms with E-state index in [0.717, 1.165) is 0 Å². The minimum absolute atomic E-state index is 0.420. The summed E-state index contributed by atoms with van der Waals surface area (Å²) >= 11 is 0. The number of alkyl halides is 2. The highest BCUT2D eigenvalue weighted by Gasteiger charge is 2.21. The molecule has 0 saturated carbocycles. The van der Waals surface area contributed by atoms with E-state index in [1.54, 1.807) is 19.1 Å². The summed E-state index contributed by atoms with van der Waals surface area (Å²) in [6.07, 6.45) is -1.04. The monoisotopic (exact) mass is 216 g/mol. The number of ether oxygens (including phenoxy) is 1. The van der Waals surface area contributed by atoms with Gasteiger partial charge < -0.3 is 10.1 Å². The van der Waals surface area contributed by atoms with E-state index < -0.39 is 12.5 Å². The van der Waals surface area contributed by atoms with Crippen LogP contribution in [0, 0.1) is 0 Å². The summed E-state index contributed by atoms with van der Waals surface area (Å²) in [5.41, 5.74) is 0.465. The molecule has 0 aliphatic carbocycles. The van der Waals surface area contributed by atoms with Crippen LogP contribution in [0.3, 0.4) is 0 Å². The molecule has 1 unspecified atom stereocenters. The Bertz CT molecular complexity index is 290. The third kappa shape index (κ3) is 3.13. The van der Waals surface area contributed by atoms with Crippen molar-refractivity contribution in [3.05, 3.63) is 23.9 Å². The zero-order valence-electron chi connectivity index (χ0n) is 8.71. The molecule has 0 aliphatic rings. The Balaban J connectivity index is 2.81. The van der Waals surface area contributed by atoms with Crippen molar-refractivity contribution in [3.8, 4) is 5.88 Å². The fourth-order valence-corrected chi connectivity index (χ4v) is 1.27. The van der Waals surface area contributed by atoms with E-state index in [0.29, 0.717) is 18.0 Å². The molecule has 15 heavy (non-hydrogen) atoms. The van der Waals surface area contributed by atoms with Gasteiger partial charge in [0.15, 0.2) is 0 Å². The molecule has 0 saturated heterocycles. The van der Waals surface area contributed by atoms with Gasteiger partial charge in [-0.3, -0.25) is 0 Å². The Morgan fingerprint density at radius 1 is 1.47 bits per heavy atom. The average Bonchev–Trinajstić information content (AvgIpc) is 2.26. The summed E-state index contributed by atoms with van der Waals surface area (Å²) in [5, 5.41) is 2.70. The molecule has 1 rings (SSSR count). The predicted octanol–water partition coefficient (Wildman–Crippen LogP) is 2.01. The molecule has 1 aromatic heterocycles. The molecule has 0 fully saturated rings. The molecule has 1 heterocycles. The van der Waals surface area contributed by atoms with Crippen molar-refractivity contribution in [3.63, 3.8) is 0 Å². The SMILES string of the molecule is CCNC(c1ccc(OC)nc1)C(F)F. The van der Waals surface area contributed by atoms with E-state index in [2.05, 4.69) is 10.3 Å². The second-order valence-electron chi connectivity index (χ2n) is 3.00. The molecule has 5 heteroatoms. The van der Waals surface area contributed by atoms with Crippen molar-refractivity contribution >= 4 is 0 Å². The number of methoxy groups -OCH3 is 1. The maximum Gasteiger partial charge on any atom is 0.257 e. The highest BCUT2D eigenvalue weighted by atomic mass is 19.3. The summed E-state index contributed by atoms with van der Waals surface area (Å²) in [6, 6.07) is 2.20. The number of aromatic nitrogens is 1. The van der Waals surface area contributed by atoms with E-state index in [-0.39, 0.29) is 0 Å². The molecular weight excluding hydrogens is 202 g/mol. The Morgan fingerprint density at radius 3 is 2.60 bits per heavy atom. The van der Waals surface area contributed by atoms with E-state index in [9.17, 15) is 8.78 Å². The summed E-state index contributed by atoms with van der Waals surface area (Å²) in [4.78, 5) is 3.89. The number of hydrogen-bond donors (Lipinski definition) is 1. The molecule has 0 radical (unpaired) electrons. The van der Waals surface area contributed by atoms with Gasteiger partial charge in [-0.15, -0.1) is 0 Å². The summed E-state index contributed by atoms with van der Waals surface area (Å²) < 4.78 is 30.1. The Labute approximate surface area is 87.5 Å².